The van der Waals surface area contributed by atoms with E-state index >= 15 is 0 Å². The summed E-state index contributed by atoms with van der Waals surface area (Å²) in [5.74, 6) is 1.36. The molecule has 0 aliphatic carbocycles. The van der Waals surface area contributed by atoms with Crippen molar-refractivity contribution in [1.82, 2.24) is 19.7 Å². The molecule has 0 bridgehead atoms. The Hall–Kier alpha value is -2.92. The van der Waals surface area contributed by atoms with Crippen molar-refractivity contribution in [2.75, 3.05) is 7.11 Å². The zero-order valence-corrected chi connectivity index (χ0v) is 14.3. The van der Waals surface area contributed by atoms with Crippen molar-refractivity contribution >= 4 is 22.5 Å². The molecule has 0 aliphatic rings. The fourth-order valence-corrected chi connectivity index (χ4v) is 2.90. The molecule has 2 aromatic carbocycles. The molecule has 0 saturated carbocycles. The number of benzene rings is 2. The molecule has 25 heavy (non-hydrogen) atoms. The van der Waals surface area contributed by atoms with Gasteiger partial charge in [-0.25, -0.2) is 9.97 Å². The Morgan fingerprint density at radius 2 is 1.84 bits per heavy atom. The van der Waals surface area contributed by atoms with Crippen LogP contribution >= 0.6 is 11.6 Å². The molecule has 0 saturated heterocycles. The Bertz CT molecular complexity index is 1030. The summed E-state index contributed by atoms with van der Waals surface area (Å²) >= 11 is 6.01. The van der Waals surface area contributed by atoms with Gasteiger partial charge in [0.1, 0.15) is 16.6 Å². The highest BCUT2D eigenvalue weighted by Gasteiger charge is 2.14. The van der Waals surface area contributed by atoms with Crippen molar-refractivity contribution in [2.45, 2.75) is 6.54 Å². The van der Waals surface area contributed by atoms with Crippen molar-refractivity contribution < 1.29 is 4.74 Å². The van der Waals surface area contributed by atoms with Crippen molar-refractivity contribution in [3.8, 4) is 17.3 Å². The summed E-state index contributed by atoms with van der Waals surface area (Å²) in [6.07, 6.45) is 1.64. The summed E-state index contributed by atoms with van der Waals surface area (Å²) < 4.78 is 7.17. The van der Waals surface area contributed by atoms with Crippen LogP contribution in [0.25, 0.3) is 22.4 Å². The maximum atomic E-state index is 6.01. The van der Waals surface area contributed by atoms with Crippen molar-refractivity contribution in [3.63, 3.8) is 0 Å². The van der Waals surface area contributed by atoms with E-state index in [1.807, 2.05) is 53.2 Å². The van der Waals surface area contributed by atoms with Crippen molar-refractivity contribution in [2.24, 2.45) is 0 Å². The molecular weight excluding hydrogens is 336 g/mol. The van der Waals surface area contributed by atoms with Crippen LogP contribution in [0.1, 0.15) is 5.56 Å². The molecule has 0 atom stereocenters. The number of aromatic nitrogens is 4. The molecule has 124 valence electrons. The molecule has 2 aromatic heterocycles. The zero-order chi connectivity index (χ0) is 17.2. The number of methoxy groups -OCH3 is 1. The van der Waals surface area contributed by atoms with E-state index in [0.717, 1.165) is 27.9 Å². The standard InChI is InChI=1S/C19H15ClN4O/c1-25-14-8-6-13(7-9-14)12-24-16-5-3-2-4-15(16)18(23-24)19-21-11-10-17(20)22-19/h2-11H,12H2,1H3. The number of fused-ring (bicyclic) bond motifs is 1. The van der Waals surface area contributed by atoms with Gasteiger partial charge in [0.2, 0.25) is 0 Å². The predicted molar refractivity (Wildman–Crippen MR) is 97.9 cm³/mol. The fraction of sp³-hybridized carbons (Fsp3) is 0.105. The Kier molecular flexibility index (Phi) is 4.07. The molecule has 5 nitrogen and oxygen atoms in total. The monoisotopic (exact) mass is 350 g/mol. The van der Waals surface area contributed by atoms with E-state index in [1.165, 1.54) is 0 Å². The third kappa shape index (κ3) is 3.06. The van der Waals surface area contributed by atoms with Gasteiger partial charge in [-0.05, 0) is 29.8 Å². The van der Waals surface area contributed by atoms with E-state index in [9.17, 15) is 0 Å². The SMILES string of the molecule is COc1ccc(Cn2nc(-c3nccc(Cl)n3)c3ccccc32)cc1. The number of ether oxygens (including phenoxy) is 1. The highest BCUT2D eigenvalue weighted by Crippen LogP contribution is 2.26. The zero-order valence-electron chi connectivity index (χ0n) is 13.6. The first kappa shape index (κ1) is 15.6. The average Bonchev–Trinajstić information content (AvgIpc) is 3.01. The van der Waals surface area contributed by atoms with Crippen LogP contribution in [0.3, 0.4) is 0 Å². The number of hydrogen-bond donors (Lipinski definition) is 0. The van der Waals surface area contributed by atoms with Crippen LogP contribution < -0.4 is 4.74 Å². The third-order valence-electron chi connectivity index (χ3n) is 3.98. The quantitative estimate of drug-likeness (QED) is 0.517. The molecule has 0 fully saturated rings. The lowest BCUT2D eigenvalue weighted by molar-refractivity contribution is 0.414. The van der Waals surface area contributed by atoms with Crippen LogP contribution in [0, 0.1) is 0 Å². The smallest absolute Gasteiger partial charge is 0.182 e. The third-order valence-corrected chi connectivity index (χ3v) is 4.19. The van der Waals surface area contributed by atoms with Crippen LogP contribution in [0.4, 0.5) is 0 Å². The van der Waals surface area contributed by atoms with Gasteiger partial charge in [0.05, 0.1) is 19.2 Å². The molecule has 0 N–H and O–H groups in total. The Morgan fingerprint density at radius 1 is 1.04 bits per heavy atom. The molecule has 2 heterocycles. The van der Waals surface area contributed by atoms with Crippen LogP contribution in [-0.2, 0) is 6.54 Å². The Balaban J connectivity index is 1.79. The van der Waals surface area contributed by atoms with Gasteiger partial charge < -0.3 is 4.74 Å². The summed E-state index contributed by atoms with van der Waals surface area (Å²) in [5, 5.41) is 6.14. The molecule has 0 radical (unpaired) electrons. The highest BCUT2D eigenvalue weighted by molar-refractivity contribution is 6.29. The maximum Gasteiger partial charge on any atom is 0.182 e. The lowest BCUT2D eigenvalue weighted by atomic mass is 10.2. The minimum absolute atomic E-state index is 0.402. The molecule has 0 unspecified atom stereocenters. The molecule has 0 aliphatic heterocycles. The Labute approximate surface area is 149 Å². The van der Waals surface area contributed by atoms with Crippen LogP contribution in [-0.4, -0.2) is 26.9 Å². The largest absolute Gasteiger partial charge is 0.497 e. The lowest BCUT2D eigenvalue weighted by Crippen LogP contribution is -2.02. The minimum atomic E-state index is 0.402. The fourth-order valence-electron chi connectivity index (χ4n) is 2.77. The van der Waals surface area contributed by atoms with Gasteiger partial charge in [-0.1, -0.05) is 41.9 Å². The van der Waals surface area contributed by atoms with Crippen LogP contribution in [0.2, 0.25) is 5.15 Å². The second kappa shape index (κ2) is 6.53. The van der Waals surface area contributed by atoms with E-state index < -0.39 is 0 Å². The minimum Gasteiger partial charge on any atom is -0.497 e. The second-order valence-corrected chi connectivity index (χ2v) is 5.96. The summed E-state index contributed by atoms with van der Waals surface area (Å²) in [6, 6.07) is 17.7. The van der Waals surface area contributed by atoms with Crippen LogP contribution in [0.15, 0.2) is 60.8 Å². The molecular formula is C19H15ClN4O. The number of nitrogens with zero attached hydrogens (tertiary/aromatic N) is 4. The first-order valence-electron chi connectivity index (χ1n) is 7.82. The van der Waals surface area contributed by atoms with Gasteiger partial charge in [0.15, 0.2) is 5.82 Å². The molecule has 4 aromatic rings. The van der Waals surface area contributed by atoms with Crippen molar-refractivity contribution in [1.29, 1.82) is 0 Å². The van der Waals surface area contributed by atoms with Gasteiger partial charge >= 0.3 is 0 Å². The molecule has 6 heteroatoms. The Morgan fingerprint density at radius 3 is 2.60 bits per heavy atom. The highest BCUT2D eigenvalue weighted by atomic mass is 35.5. The van der Waals surface area contributed by atoms with Crippen molar-refractivity contribution in [3.05, 3.63) is 71.5 Å². The van der Waals surface area contributed by atoms with Gasteiger partial charge in [-0.3, -0.25) is 4.68 Å². The number of para-hydroxylation sites is 1. The number of rotatable bonds is 4. The van der Waals surface area contributed by atoms with E-state index in [0.29, 0.717) is 17.5 Å². The number of halogens is 1. The van der Waals surface area contributed by atoms with E-state index in [1.54, 1.807) is 19.4 Å². The summed E-state index contributed by atoms with van der Waals surface area (Å²) in [7, 11) is 1.66. The summed E-state index contributed by atoms with van der Waals surface area (Å²) in [5.41, 5.74) is 2.89. The predicted octanol–water partition coefficient (Wildman–Crippen LogP) is 4.20. The van der Waals surface area contributed by atoms with Crippen LogP contribution in [0.5, 0.6) is 5.75 Å². The van der Waals surface area contributed by atoms with Gasteiger partial charge in [0.25, 0.3) is 0 Å². The molecule has 0 amide bonds. The van der Waals surface area contributed by atoms with Gasteiger partial charge in [0, 0.05) is 11.6 Å². The average molecular weight is 351 g/mol. The molecule has 4 rings (SSSR count). The maximum absolute atomic E-state index is 6.01. The first-order valence-corrected chi connectivity index (χ1v) is 8.20. The van der Waals surface area contributed by atoms with Gasteiger partial charge in [-0.15, -0.1) is 0 Å². The second-order valence-electron chi connectivity index (χ2n) is 5.57. The topological polar surface area (TPSA) is 52.8 Å². The van der Waals surface area contributed by atoms with E-state index in [-0.39, 0.29) is 0 Å². The number of hydrogen-bond acceptors (Lipinski definition) is 4. The van der Waals surface area contributed by atoms with E-state index in [4.69, 9.17) is 21.4 Å². The lowest BCUT2D eigenvalue weighted by Gasteiger charge is -2.05. The van der Waals surface area contributed by atoms with Gasteiger partial charge in [-0.2, -0.15) is 5.10 Å². The summed E-state index contributed by atoms with van der Waals surface area (Å²) in [6.45, 7) is 0.644. The first-order chi connectivity index (χ1) is 12.2. The van der Waals surface area contributed by atoms with E-state index in [2.05, 4.69) is 9.97 Å². The summed E-state index contributed by atoms with van der Waals surface area (Å²) in [4.78, 5) is 8.61. The normalized spacial score (nSPS) is 11.0. The molecule has 0 spiro atoms.